The van der Waals surface area contributed by atoms with E-state index in [0.717, 1.165) is 13.2 Å². The molecular formula is C14H8Cl2F3NO4S. The molecule has 0 aliphatic rings. The molecule has 0 N–H and O–H groups in total. The van der Waals surface area contributed by atoms with Crippen molar-refractivity contribution in [3.05, 3.63) is 57.3 Å². The predicted molar refractivity (Wildman–Crippen MR) is 86.6 cm³/mol. The van der Waals surface area contributed by atoms with Gasteiger partial charge in [0.1, 0.15) is 5.56 Å². The molecule has 11 heteroatoms. The molecule has 0 aliphatic carbocycles. The van der Waals surface area contributed by atoms with Crippen LogP contribution in [-0.4, -0.2) is 21.5 Å². The first-order chi connectivity index (χ1) is 11.7. The van der Waals surface area contributed by atoms with Crippen molar-refractivity contribution in [3.8, 4) is 0 Å². The lowest BCUT2D eigenvalue weighted by molar-refractivity contribution is 0.0588. The van der Waals surface area contributed by atoms with Crippen molar-refractivity contribution in [3.63, 3.8) is 0 Å². The summed E-state index contributed by atoms with van der Waals surface area (Å²) in [6, 6.07) is 4.09. The van der Waals surface area contributed by atoms with E-state index in [1.54, 1.807) is 0 Å². The molecule has 25 heavy (non-hydrogen) atoms. The van der Waals surface area contributed by atoms with Gasteiger partial charge in [-0.15, -0.1) is 0 Å². The molecule has 2 aromatic rings. The Morgan fingerprint density at radius 3 is 2.32 bits per heavy atom. The van der Waals surface area contributed by atoms with Crippen molar-refractivity contribution in [1.29, 1.82) is 0 Å². The number of carbonyl (C=O) groups excluding carboxylic acids is 1. The van der Waals surface area contributed by atoms with Crippen molar-refractivity contribution >= 4 is 51.4 Å². The summed E-state index contributed by atoms with van der Waals surface area (Å²) in [6.07, 6.45) is 0. The predicted octanol–water partition coefficient (Wildman–Crippen LogP) is 3.86. The highest BCUT2D eigenvalue weighted by Gasteiger charge is 2.30. The Labute approximate surface area is 151 Å². The van der Waals surface area contributed by atoms with Crippen LogP contribution in [0.1, 0.15) is 10.4 Å². The van der Waals surface area contributed by atoms with Gasteiger partial charge in [0.15, 0.2) is 17.5 Å². The number of rotatable bonds is 4. The molecule has 0 saturated heterocycles. The molecule has 0 fully saturated rings. The third-order valence-corrected chi connectivity index (χ3v) is 4.64. The van der Waals surface area contributed by atoms with Crippen LogP contribution in [0.25, 0.3) is 0 Å². The maximum absolute atomic E-state index is 14.6. The molecule has 0 radical (unpaired) electrons. The molecule has 0 aromatic heterocycles. The zero-order chi connectivity index (χ0) is 18.9. The lowest BCUT2D eigenvalue weighted by atomic mass is 10.1. The zero-order valence-corrected chi connectivity index (χ0v) is 14.6. The van der Waals surface area contributed by atoms with Crippen LogP contribution < -0.4 is 4.31 Å². The Morgan fingerprint density at radius 1 is 1.12 bits per heavy atom. The van der Waals surface area contributed by atoms with E-state index in [9.17, 15) is 26.4 Å². The molecule has 0 heterocycles. The minimum absolute atomic E-state index is 0.0581. The van der Waals surface area contributed by atoms with Gasteiger partial charge in [-0.2, -0.15) is 0 Å². The maximum atomic E-state index is 14.6. The van der Waals surface area contributed by atoms with Gasteiger partial charge in [-0.1, -0.05) is 29.3 Å². The molecule has 0 amide bonds. The fraction of sp³-hybridized carbons (Fsp3) is 0.0714. The average molecular weight is 414 g/mol. The SMILES string of the molecule is COC(=O)c1c(F)c(F)cc(N(c2cccc(Cl)c2Cl)[SH](=O)=O)c1F. The van der Waals surface area contributed by atoms with Gasteiger partial charge >= 0.3 is 5.97 Å². The monoisotopic (exact) mass is 413 g/mol. The van der Waals surface area contributed by atoms with Crippen LogP contribution in [0.2, 0.25) is 10.0 Å². The fourth-order valence-corrected chi connectivity index (χ4v) is 3.09. The first kappa shape index (κ1) is 19.4. The summed E-state index contributed by atoms with van der Waals surface area (Å²) in [4.78, 5) is 11.5. The molecular weight excluding hydrogens is 406 g/mol. The second-order valence-electron chi connectivity index (χ2n) is 4.49. The Hall–Kier alpha value is -1.97. The van der Waals surface area contributed by atoms with Gasteiger partial charge in [-0.3, -0.25) is 0 Å². The number of benzene rings is 2. The standard InChI is InChI=1S/C14H8Cl2F3NO4S/c1-24-14(21)10-12(18)7(17)5-9(13(10)19)20(25(22)23)8-4-2-3-6(15)11(8)16/h2-5,25H,1H3. The number of anilines is 2. The number of carbonyl (C=O) groups is 1. The summed E-state index contributed by atoms with van der Waals surface area (Å²) in [7, 11) is -2.79. The first-order valence-electron chi connectivity index (χ1n) is 6.35. The lowest BCUT2D eigenvalue weighted by Gasteiger charge is -2.21. The van der Waals surface area contributed by atoms with E-state index >= 15 is 0 Å². The maximum Gasteiger partial charge on any atom is 0.344 e. The highest BCUT2D eigenvalue weighted by molar-refractivity contribution is 7.74. The Balaban J connectivity index is 2.83. The highest BCUT2D eigenvalue weighted by Crippen LogP contribution is 2.39. The molecule has 0 saturated carbocycles. The van der Waals surface area contributed by atoms with Crippen LogP contribution in [0, 0.1) is 17.5 Å². The van der Waals surface area contributed by atoms with Gasteiger partial charge in [-0.05, 0) is 12.1 Å². The van der Waals surface area contributed by atoms with E-state index in [0.29, 0.717) is 0 Å². The van der Waals surface area contributed by atoms with Crippen LogP contribution in [0.3, 0.4) is 0 Å². The molecule has 2 rings (SSSR count). The van der Waals surface area contributed by atoms with Gasteiger partial charge in [0.25, 0.3) is 0 Å². The van der Waals surface area contributed by atoms with Crippen LogP contribution in [0.5, 0.6) is 0 Å². The smallest absolute Gasteiger partial charge is 0.344 e. The number of nitrogens with zero attached hydrogens (tertiary/aromatic N) is 1. The van der Waals surface area contributed by atoms with Crippen molar-refractivity contribution in [1.82, 2.24) is 0 Å². The number of hydrogen-bond acceptors (Lipinski definition) is 4. The molecule has 0 unspecified atom stereocenters. The third-order valence-electron chi connectivity index (χ3n) is 3.08. The van der Waals surface area contributed by atoms with Crippen molar-refractivity contribution < 1.29 is 31.1 Å². The van der Waals surface area contributed by atoms with Gasteiger partial charge in [0, 0.05) is 6.07 Å². The topological polar surface area (TPSA) is 63.7 Å². The molecule has 0 atom stereocenters. The van der Waals surface area contributed by atoms with Gasteiger partial charge in [-0.25, -0.2) is 30.7 Å². The summed E-state index contributed by atoms with van der Waals surface area (Å²) in [6.45, 7) is 0. The quantitative estimate of drug-likeness (QED) is 0.469. The fourth-order valence-electron chi connectivity index (χ4n) is 1.99. The number of halogens is 5. The van der Waals surface area contributed by atoms with Gasteiger partial charge in [0.2, 0.25) is 10.9 Å². The van der Waals surface area contributed by atoms with Crippen LogP contribution in [0.15, 0.2) is 24.3 Å². The van der Waals surface area contributed by atoms with E-state index in [4.69, 9.17) is 23.2 Å². The second kappa shape index (κ2) is 7.51. The molecule has 134 valence electrons. The first-order valence-corrected chi connectivity index (χ1v) is 8.23. The normalized spacial score (nSPS) is 10.8. The third kappa shape index (κ3) is 3.53. The van der Waals surface area contributed by atoms with E-state index < -0.39 is 45.6 Å². The number of ether oxygens (including phenoxy) is 1. The average Bonchev–Trinajstić information content (AvgIpc) is 2.56. The van der Waals surface area contributed by atoms with E-state index in [2.05, 4.69) is 4.74 Å². The Morgan fingerprint density at radius 2 is 1.76 bits per heavy atom. The van der Waals surface area contributed by atoms with Crippen molar-refractivity contribution in [2.24, 2.45) is 0 Å². The summed E-state index contributed by atoms with van der Waals surface area (Å²) in [5.74, 6) is -6.63. The Kier molecular flexibility index (Phi) is 5.81. The number of thiol groups is 1. The van der Waals surface area contributed by atoms with Gasteiger partial charge < -0.3 is 4.74 Å². The van der Waals surface area contributed by atoms with Crippen LogP contribution >= 0.6 is 23.2 Å². The second-order valence-corrected chi connectivity index (χ2v) is 6.16. The summed E-state index contributed by atoms with van der Waals surface area (Å²) >= 11 is 11.7. The molecule has 0 spiro atoms. The van der Waals surface area contributed by atoms with Crippen molar-refractivity contribution in [2.75, 3.05) is 11.4 Å². The molecule has 2 aromatic carbocycles. The number of methoxy groups -OCH3 is 1. The van der Waals surface area contributed by atoms with E-state index in [-0.39, 0.29) is 26.1 Å². The lowest BCUT2D eigenvalue weighted by Crippen LogP contribution is -2.20. The summed E-state index contributed by atoms with van der Waals surface area (Å²) in [5.41, 5.74) is -2.65. The number of hydrogen-bond donors (Lipinski definition) is 1. The van der Waals surface area contributed by atoms with Crippen LogP contribution in [-0.2, 0) is 15.6 Å². The van der Waals surface area contributed by atoms with E-state index in [1.807, 2.05) is 0 Å². The molecule has 5 nitrogen and oxygen atoms in total. The molecule has 0 aliphatic heterocycles. The van der Waals surface area contributed by atoms with Gasteiger partial charge in [0.05, 0.1) is 28.5 Å². The number of esters is 1. The minimum Gasteiger partial charge on any atom is -0.465 e. The Bertz CT molecular complexity index is 929. The van der Waals surface area contributed by atoms with Crippen molar-refractivity contribution in [2.45, 2.75) is 0 Å². The minimum atomic E-state index is -3.61. The summed E-state index contributed by atoms with van der Waals surface area (Å²) in [5, 5.41) is -0.329. The molecule has 0 bridgehead atoms. The highest BCUT2D eigenvalue weighted by atomic mass is 35.5. The zero-order valence-electron chi connectivity index (χ0n) is 12.2. The van der Waals surface area contributed by atoms with Crippen LogP contribution in [0.4, 0.5) is 24.5 Å². The van der Waals surface area contributed by atoms with E-state index in [1.165, 1.54) is 12.1 Å². The largest absolute Gasteiger partial charge is 0.465 e. The summed E-state index contributed by atoms with van der Waals surface area (Å²) < 4.78 is 69.9.